The Bertz CT molecular complexity index is 1180. The highest BCUT2D eigenvalue weighted by Gasteiger charge is 2.23. The Labute approximate surface area is 209 Å². The van der Waals surface area contributed by atoms with E-state index < -0.39 is 17.8 Å². The number of aromatic nitrogens is 1. The van der Waals surface area contributed by atoms with Crippen LogP contribution in [0.2, 0.25) is 5.02 Å². The lowest BCUT2D eigenvalue weighted by Crippen LogP contribution is -2.30. The fourth-order valence-corrected chi connectivity index (χ4v) is 4.92. The number of nitrogens with two attached hydrogens (primary N) is 1. The molecule has 1 aromatic heterocycles. The van der Waals surface area contributed by atoms with E-state index >= 15 is 4.39 Å². The molecular formula is C26H27ClFN3O2S. The number of carbonyl (C=O) groups is 1. The highest BCUT2D eigenvalue weighted by molar-refractivity contribution is 7.80. The van der Waals surface area contributed by atoms with Crippen molar-refractivity contribution in [2.24, 2.45) is 0 Å². The van der Waals surface area contributed by atoms with Crippen LogP contribution in [0.25, 0.3) is 11.1 Å². The number of nitrogens with one attached hydrogen (secondary N) is 1. The summed E-state index contributed by atoms with van der Waals surface area (Å²) < 4.78 is 15.0. The number of nitrogen functional groups attached to an aromatic ring is 1. The Morgan fingerprint density at radius 3 is 2.65 bits per heavy atom. The highest BCUT2D eigenvalue weighted by Crippen LogP contribution is 2.36. The van der Waals surface area contributed by atoms with Crippen LogP contribution in [0.3, 0.4) is 0 Å². The zero-order chi connectivity index (χ0) is 24.2. The van der Waals surface area contributed by atoms with Crippen LogP contribution in [-0.2, 0) is 0 Å². The van der Waals surface area contributed by atoms with Crippen molar-refractivity contribution in [2.45, 2.75) is 43.7 Å². The van der Waals surface area contributed by atoms with Crippen LogP contribution in [-0.4, -0.2) is 27.9 Å². The largest absolute Gasteiger partial charge is 0.393 e. The molecule has 8 heteroatoms. The third-order valence-electron chi connectivity index (χ3n) is 6.37. The van der Waals surface area contributed by atoms with Gasteiger partial charge in [-0.05, 0) is 78.6 Å². The van der Waals surface area contributed by atoms with Gasteiger partial charge in [0.2, 0.25) is 0 Å². The number of thiol groups is 1. The molecule has 0 saturated heterocycles. The fourth-order valence-electron chi connectivity index (χ4n) is 4.42. The van der Waals surface area contributed by atoms with Crippen LogP contribution >= 0.6 is 24.2 Å². The van der Waals surface area contributed by atoms with Crippen LogP contribution in [0.1, 0.15) is 59.1 Å². The predicted molar refractivity (Wildman–Crippen MR) is 137 cm³/mol. The summed E-state index contributed by atoms with van der Waals surface area (Å²) in [7, 11) is 0. The Balaban J connectivity index is 1.55. The lowest BCUT2D eigenvalue weighted by Gasteiger charge is -2.26. The Morgan fingerprint density at radius 1 is 1.21 bits per heavy atom. The molecule has 0 spiro atoms. The summed E-state index contributed by atoms with van der Waals surface area (Å²) in [6, 6.07) is 13.1. The maximum absolute atomic E-state index is 15.0. The predicted octanol–water partition coefficient (Wildman–Crippen LogP) is 5.54. The van der Waals surface area contributed by atoms with Gasteiger partial charge in [0.25, 0.3) is 5.91 Å². The van der Waals surface area contributed by atoms with Gasteiger partial charge in [0, 0.05) is 22.5 Å². The summed E-state index contributed by atoms with van der Waals surface area (Å²) in [6.45, 7) is 0. The van der Waals surface area contributed by atoms with Gasteiger partial charge in [0.1, 0.15) is 11.6 Å². The van der Waals surface area contributed by atoms with E-state index in [0.29, 0.717) is 27.7 Å². The van der Waals surface area contributed by atoms with Crippen molar-refractivity contribution in [1.82, 2.24) is 10.3 Å². The first kappa shape index (κ1) is 24.5. The molecule has 2 aromatic carbocycles. The molecule has 3 aromatic rings. The molecule has 1 fully saturated rings. The average molecular weight is 500 g/mol. The van der Waals surface area contributed by atoms with E-state index in [1.54, 1.807) is 30.5 Å². The third kappa shape index (κ3) is 5.54. The summed E-state index contributed by atoms with van der Waals surface area (Å²) in [5.41, 5.74) is 9.04. The van der Waals surface area contributed by atoms with Gasteiger partial charge in [-0.1, -0.05) is 29.8 Å². The number of anilines is 1. The summed E-state index contributed by atoms with van der Waals surface area (Å²) in [5, 5.41) is 13.1. The van der Waals surface area contributed by atoms with E-state index in [4.69, 9.17) is 17.3 Å². The molecule has 5 nitrogen and oxygen atoms in total. The standard InChI is InChI=1S/C26H27ClFN3O2S/c27-19-3-1-2-17(10-19)24(14-34)31-26(33)21-9-6-16(12-23(21)28)22-11-18(13-30-25(22)29)15-4-7-20(32)8-5-15/h1-3,6,9-13,15,20,24,32,34H,4-5,7-8,14H2,(H2,29,30)(H,31,33)/t15-,20-,24-/m1/s1. The molecule has 1 aliphatic rings. The number of halogens is 2. The molecule has 34 heavy (non-hydrogen) atoms. The molecule has 4 rings (SSSR count). The Kier molecular flexibility index (Phi) is 7.76. The second kappa shape index (κ2) is 10.8. The number of pyridine rings is 1. The van der Waals surface area contributed by atoms with Gasteiger partial charge in [0.05, 0.1) is 17.7 Å². The monoisotopic (exact) mass is 499 g/mol. The first-order valence-electron chi connectivity index (χ1n) is 11.3. The molecule has 1 heterocycles. The molecule has 0 radical (unpaired) electrons. The van der Waals surface area contributed by atoms with Crippen LogP contribution in [0.5, 0.6) is 0 Å². The van der Waals surface area contributed by atoms with E-state index in [0.717, 1.165) is 36.8 Å². The Morgan fingerprint density at radius 2 is 1.97 bits per heavy atom. The first-order valence-corrected chi connectivity index (χ1v) is 12.3. The molecule has 0 aliphatic heterocycles. The summed E-state index contributed by atoms with van der Waals surface area (Å²) in [5.74, 6) is -0.269. The number of amides is 1. The number of hydrogen-bond acceptors (Lipinski definition) is 5. The number of nitrogens with zero attached hydrogens (tertiary/aromatic N) is 1. The van der Waals surface area contributed by atoms with E-state index in [9.17, 15) is 9.90 Å². The van der Waals surface area contributed by atoms with Crippen LogP contribution in [0.4, 0.5) is 10.2 Å². The van der Waals surface area contributed by atoms with E-state index in [2.05, 4.69) is 22.9 Å². The van der Waals surface area contributed by atoms with Gasteiger partial charge < -0.3 is 16.2 Å². The lowest BCUT2D eigenvalue weighted by atomic mass is 9.83. The second-order valence-electron chi connectivity index (χ2n) is 8.67. The number of aliphatic hydroxyl groups excluding tert-OH is 1. The lowest BCUT2D eigenvalue weighted by molar-refractivity contribution is 0.0936. The van der Waals surface area contributed by atoms with Crippen molar-refractivity contribution in [1.29, 1.82) is 0 Å². The van der Waals surface area contributed by atoms with Gasteiger partial charge in [-0.2, -0.15) is 12.6 Å². The summed E-state index contributed by atoms with van der Waals surface area (Å²) in [6.07, 6.45) is 4.77. The molecule has 178 valence electrons. The van der Waals surface area contributed by atoms with E-state index in [1.165, 1.54) is 12.1 Å². The average Bonchev–Trinajstić information content (AvgIpc) is 2.83. The fraction of sp³-hybridized carbons (Fsp3) is 0.308. The smallest absolute Gasteiger partial charge is 0.254 e. The Hall–Kier alpha value is -2.61. The van der Waals surface area contributed by atoms with Crippen molar-refractivity contribution in [3.63, 3.8) is 0 Å². The quantitative estimate of drug-likeness (QED) is 0.335. The zero-order valence-electron chi connectivity index (χ0n) is 18.5. The SMILES string of the molecule is Nc1ncc([C@H]2CC[C@H](O)CC2)cc1-c1ccc(C(=O)N[C@H](CS)c2cccc(Cl)c2)c(F)c1. The maximum Gasteiger partial charge on any atom is 0.254 e. The molecule has 1 saturated carbocycles. The minimum atomic E-state index is -0.649. The second-order valence-corrected chi connectivity index (χ2v) is 9.47. The van der Waals surface area contributed by atoms with Gasteiger partial charge in [-0.15, -0.1) is 0 Å². The van der Waals surface area contributed by atoms with Gasteiger partial charge in [0.15, 0.2) is 0 Å². The maximum atomic E-state index is 15.0. The zero-order valence-corrected chi connectivity index (χ0v) is 20.2. The molecule has 0 unspecified atom stereocenters. The minimum absolute atomic E-state index is 0.0680. The van der Waals surface area contributed by atoms with Crippen LogP contribution in [0.15, 0.2) is 54.7 Å². The van der Waals surface area contributed by atoms with Gasteiger partial charge in [-0.3, -0.25) is 4.79 Å². The van der Waals surface area contributed by atoms with Gasteiger partial charge in [-0.25, -0.2) is 9.37 Å². The molecule has 4 N–H and O–H groups in total. The minimum Gasteiger partial charge on any atom is -0.393 e. The summed E-state index contributed by atoms with van der Waals surface area (Å²) in [4.78, 5) is 17.1. The van der Waals surface area contributed by atoms with E-state index in [-0.39, 0.29) is 17.6 Å². The third-order valence-corrected chi connectivity index (χ3v) is 6.97. The van der Waals surface area contributed by atoms with Crippen LogP contribution in [0, 0.1) is 5.82 Å². The van der Waals surface area contributed by atoms with E-state index in [1.807, 2.05) is 12.1 Å². The van der Waals surface area contributed by atoms with Crippen molar-refractivity contribution in [3.8, 4) is 11.1 Å². The van der Waals surface area contributed by atoms with Crippen molar-refractivity contribution in [2.75, 3.05) is 11.5 Å². The molecule has 0 bridgehead atoms. The molecule has 1 atom stereocenters. The normalized spacial score (nSPS) is 18.9. The van der Waals surface area contributed by atoms with Gasteiger partial charge >= 0.3 is 0 Å². The summed E-state index contributed by atoms with van der Waals surface area (Å²) >= 11 is 10.4. The highest BCUT2D eigenvalue weighted by atomic mass is 35.5. The molecule has 1 aliphatic carbocycles. The molecule has 1 amide bonds. The van der Waals surface area contributed by atoms with Crippen molar-refractivity contribution in [3.05, 3.63) is 82.3 Å². The van der Waals surface area contributed by atoms with Crippen molar-refractivity contribution >= 4 is 36.0 Å². The number of benzene rings is 2. The number of hydrogen-bond donors (Lipinski definition) is 4. The number of aliphatic hydroxyl groups is 1. The molecular weight excluding hydrogens is 473 g/mol. The number of rotatable bonds is 6. The first-order chi connectivity index (χ1) is 16.4. The van der Waals surface area contributed by atoms with Crippen molar-refractivity contribution < 1.29 is 14.3 Å². The topological polar surface area (TPSA) is 88.2 Å². The number of carbonyl (C=O) groups excluding carboxylic acids is 1. The van der Waals surface area contributed by atoms with Crippen LogP contribution < -0.4 is 11.1 Å².